The normalized spacial score (nSPS) is 16.9. The second-order valence-electron chi connectivity index (χ2n) is 4.69. The largest absolute Gasteiger partial charge is 0.299 e. The van der Waals surface area contributed by atoms with Gasteiger partial charge in [-0.1, -0.05) is 12.1 Å². The maximum Gasteiger partial charge on any atom is 0.232 e. The van der Waals surface area contributed by atoms with E-state index in [4.69, 9.17) is 0 Å². The van der Waals surface area contributed by atoms with Gasteiger partial charge in [0, 0.05) is 12.2 Å². The molecule has 1 fully saturated rings. The molecule has 4 nitrogen and oxygen atoms in total. The van der Waals surface area contributed by atoms with Crippen LogP contribution in [-0.4, -0.2) is 32.2 Å². The number of hydrogen-bond donors (Lipinski definition) is 1. The number of benzene rings is 1. The van der Waals surface area contributed by atoms with Crippen LogP contribution in [0.1, 0.15) is 25.3 Å². The molecule has 0 saturated carbocycles. The zero-order valence-corrected chi connectivity index (χ0v) is 11.5. The minimum Gasteiger partial charge on any atom is -0.299 e. The van der Waals surface area contributed by atoms with Crippen molar-refractivity contribution in [3.8, 4) is 0 Å². The summed E-state index contributed by atoms with van der Waals surface area (Å²) in [6.45, 7) is 4.83. The van der Waals surface area contributed by atoms with E-state index < -0.39 is 10.0 Å². The quantitative estimate of drug-likeness (QED) is 0.889. The molecule has 100 valence electrons. The predicted molar refractivity (Wildman–Crippen MR) is 74.0 cm³/mol. The van der Waals surface area contributed by atoms with Gasteiger partial charge in [-0.2, -0.15) is 0 Å². The first-order chi connectivity index (χ1) is 8.59. The molecule has 0 unspecified atom stereocenters. The summed E-state index contributed by atoms with van der Waals surface area (Å²) in [6, 6.07) is 7.66. The highest BCUT2D eigenvalue weighted by atomic mass is 32.2. The van der Waals surface area contributed by atoms with E-state index in [1.165, 1.54) is 12.8 Å². The second kappa shape index (κ2) is 5.71. The molecule has 0 radical (unpaired) electrons. The van der Waals surface area contributed by atoms with Crippen molar-refractivity contribution >= 4 is 15.7 Å². The molecule has 1 N–H and O–H groups in total. The van der Waals surface area contributed by atoms with Gasteiger partial charge in [0.1, 0.15) is 0 Å². The predicted octanol–water partition coefficient (Wildman–Crippen LogP) is 2.04. The van der Waals surface area contributed by atoms with E-state index in [0.717, 1.165) is 25.2 Å². The van der Waals surface area contributed by atoms with Crippen molar-refractivity contribution in [3.63, 3.8) is 0 Å². The lowest BCUT2D eigenvalue weighted by molar-refractivity contribution is 0.331. The number of nitrogens with one attached hydrogen (secondary N) is 1. The summed E-state index contributed by atoms with van der Waals surface area (Å²) >= 11 is 0. The van der Waals surface area contributed by atoms with Crippen molar-refractivity contribution in [2.45, 2.75) is 26.3 Å². The van der Waals surface area contributed by atoms with E-state index in [-0.39, 0.29) is 5.75 Å². The molecule has 0 aliphatic carbocycles. The van der Waals surface area contributed by atoms with Gasteiger partial charge in [0.2, 0.25) is 10.0 Å². The Morgan fingerprint density at radius 3 is 2.67 bits per heavy atom. The molecule has 0 bridgehead atoms. The molecule has 0 atom stereocenters. The minimum atomic E-state index is -3.18. The van der Waals surface area contributed by atoms with E-state index in [1.807, 2.05) is 18.2 Å². The molecule has 2 rings (SSSR count). The average molecular weight is 268 g/mol. The molecule has 1 aromatic rings. The molecule has 1 aromatic carbocycles. The highest BCUT2D eigenvalue weighted by molar-refractivity contribution is 7.92. The van der Waals surface area contributed by atoms with Gasteiger partial charge in [0.05, 0.1) is 5.75 Å². The zero-order valence-electron chi connectivity index (χ0n) is 10.7. The van der Waals surface area contributed by atoms with Gasteiger partial charge in [-0.15, -0.1) is 0 Å². The molecule has 18 heavy (non-hydrogen) atoms. The van der Waals surface area contributed by atoms with Gasteiger partial charge in [-0.25, -0.2) is 8.42 Å². The van der Waals surface area contributed by atoms with Crippen LogP contribution >= 0.6 is 0 Å². The monoisotopic (exact) mass is 268 g/mol. The molecule has 1 saturated heterocycles. The highest BCUT2D eigenvalue weighted by Crippen LogP contribution is 2.16. The van der Waals surface area contributed by atoms with Crippen LogP contribution in [-0.2, 0) is 16.6 Å². The zero-order chi connectivity index (χ0) is 13.0. The Labute approximate surface area is 109 Å². The number of likely N-dealkylation sites (tertiary alicyclic amines) is 1. The Balaban J connectivity index is 2.05. The topological polar surface area (TPSA) is 49.4 Å². The standard InChI is InChI=1S/C13H20N2O2S/c1-2-18(16,17)14-13-7-5-6-12(10-13)11-15-8-3-4-9-15/h5-7,10,14H,2-4,8-9,11H2,1H3. The van der Waals surface area contributed by atoms with Gasteiger partial charge in [0.25, 0.3) is 0 Å². The average Bonchev–Trinajstić information content (AvgIpc) is 2.82. The van der Waals surface area contributed by atoms with E-state index in [2.05, 4.69) is 9.62 Å². The van der Waals surface area contributed by atoms with Crippen molar-refractivity contribution in [2.75, 3.05) is 23.6 Å². The summed E-state index contributed by atoms with van der Waals surface area (Å²) in [6.07, 6.45) is 2.53. The Kier molecular flexibility index (Phi) is 4.24. The van der Waals surface area contributed by atoms with Crippen LogP contribution in [0.15, 0.2) is 24.3 Å². The summed E-state index contributed by atoms with van der Waals surface area (Å²) in [5.41, 5.74) is 1.82. The number of nitrogens with zero attached hydrogens (tertiary/aromatic N) is 1. The molecule has 0 spiro atoms. The summed E-state index contributed by atoms with van der Waals surface area (Å²) in [7, 11) is -3.18. The highest BCUT2D eigenvalue weighted by Gasteiger charge is 2.12. The van der Waals surface area contributed by atoms with Crippen LogP contribution in [0.25, 0.3) is 0 Å². The fraction of sp³-hybridized carbons (Fsp3) is 0.538. The molecular weight excluding hydrogens is 248 g/mol. The molecule has 0 amide bonds. The molecule has 1 aliphatic rings. The fourth-order valence-corrected chi connectivity index (χ4v) is 2.81. The third kappa shape index (κ3) is 3.71. The third-order valence-corrected chi connectivity index (χ3v) is 4.49. The Hall–Kier alpha value is -1.07. The van der Waals surface area contributed by atoms with Gasteiger partial charge < -0.3 is 0 Å². The van der Waals surface area contributed by atoms with Crippen molar-refractivity contribution in [2.24, 2.45) is 0 Å². The Morgan fingerprint density at radius 2 is 2.00 bits per heavy atom. The van der Waals surface area contributed by atoms with Crippen molar-refractivity contribution in [1.29, 1.82) is 0 Å². The maximum absolute atomic E-state index is 11.5. The van der Waals surface area contributed by atoms with Gasteiger partial charge in [0.15, 0.2) is 0 Å². The first-order valence-corrected chi connectivity index (χ1v) is 8.06. The Morgan fingerprint density at radius 1 is 1.28 bits per heavy atom. The van der Waals surface area contributed by atoms with Gasteiger partial charge in [-0.3, -0.25) is 9.62 Å². The van der Waals surface area contributed by atoms with Gasteiger partial charge in [-0.05, 0) is 50.6 Å². The van der Waals surface area contributed by atoms with E-state index in [1.54, 1.807) is 13.0 Å². The first kappa shape index (κ1) is 13.4. The Bertz CT molecular complexity index is 493. The molecule has 5 heteroatoms. The molecule has 1 aliphatic heterocycles. The lowest BCUT2D eigenvalue weighted by Gasteiger charge is -2.15. The summed E-state index contributed by atoms with van der Waals surface area (Å²) in [5, 5.41) is 0. The van der Waals surface area contributed by atoms with Crippen LogP contribution in [0.2, 0.25) is 0 Å². The maximum atomic E-state index is 11.5. The number of hydrogen-bond acceptors (Lipinski definition) is 3. The molecule has 0 aromatic heterocycles. The summed E-state index contributed by atoms with van der Waals surface area (Å²) < 4.78 is 25.6. The SMILES string of the molecule is CCS(=O)(=O)Nc1cccc(CN2CCCC2)c1. The van der Waals surface area contributed by atoms with E-state index >= 15 is 0 Å². The third-order valence-electron chi connectivity index (χ3n) is 3.19. The van der Waals surface area contributed by atoms with Crippen molar-refractivity contribution in [3.05, 3.63) is 29.8 Å². The van der Waals surface area contributed by atoms with Crippen LogP contribution in [0, 0.1) is 0 Å². The lowest BCUT2D eigenvalue weighted by Crippen LogP contribution is -2.19. The lowest BCUT2D eigenvalue weighted by atomic mass is 10.2. The number of sulfonamides is 1. The summed E-state index contributed by atoms with van der Waals surface area (Å²) in [4.78, 5) is 2.40. The van der Waals surface area contributed by atoms with Gasteiger partial charge >= 0.3 is 0 Å². The van der Waals surface area contributed by atoms with E-state index in [0.29, 0.717) is 5.69 Å². The number of rotatable bonds is 5. The van der Waals surface area contributed by atoms with Crippen molar-refractivity contribution < 1.29 is 8.42 Å². The molecular formula is C13H20N2O2S. The van der Waals surface area contributed by atoms with Crippen LogP contribution < -0.4 is 4.72 Å². The van der Waals surface area contributed by atoms with Crippen LogP contribution in [0.4, 0.5) is 5.69 Å². The summed E-state index contributed by atoms with van der Waals surface area (Å²) in [5.74, 6) is 0.101. The smallest absolute Gasteiger partial charge is 0.232 e. The van der Waals surface area contributed by atoms with E-state index in [9.17, 15) is 8.42 Å². The van der Waals surface area contributed by atoms with Crippen LogP contribution in [0.3, 0.4) is 0 Å². The number of anilines is 1. The van der Waals surface area contributed by atoms with Crippen LogP contribution in [0.5, 0.6) is 0 Å². The minimum absolute atomic E-state index is 0.101. The first-order valence-electron chi connectivity index (χ1n) is 6.41. The fourth-order valence-electron chi connectivity index (χ4n) is 2.18. The molecule has 1 heterocycles. The second-order valence-corrected chi connectivity index (χ2v) is 6.70. The van der Waals surface area contributed by atoms with Crippen molar-refractivity contribution in [1.82, 2.24) is 4.90 Å².